The predicted molar refractivity (Wildman–Crippen MR) is 93.8 cm³/mol. The number of aliphatic hydroxyl groups is 2. The molecule has 2 unspecified atom stereocenters. The first kappa shape index (κ1) is 23.4. The van der Waals surface area contributed by atoms with Crippen LogP contribution in [0, 0.1) is 0 Å². The van der Waals surface area contributed by atoms with Gasteiger partial charge in [-0.3, -0.25) is 0 Å². The van der Waals surface area contributed by atoms with E-state index in [4.69, 9.17) is 5.73 Å². The Labute approximate surface area is 138 Å². The van der Waals surface area contributed by atoms with Crippen molar-refractivity contribution in [3.63, 3.8) is 0 Å². The van der Waals surface area contributed by atoms with Crippen molar-refractivity contribution >= 4 is 12.4 Å². The third-order valence-corrected chi connectivity index (χ3v) is 4.36. The van der Waals surface area contributed by atoms with Gasteiger partial charge in [0.25, 0.3) is 0 Å². The van der Waals surface area contributed by atoms with Crippen LogP contribution < -0.4 is 5.73 Å². The predicted octanol–water partition coefficient (Wildman–Crippen LogP) is 4.53. The Morgan fingerprint density at radius 3 is 1.38 bits per heavy atom. The van der Waals surface area contributed by atoms with E-state index < -0.39 is 11.3 Å². The van der Waals surface area contributed by atoms with Crippen LogP contribution in [0.15, 0.2) is 0 Å². The lowest BCUT2D eigenvalue weighted by Crippen LogP contribution is -2.56. The highest BCUT2D eigenvalue weighted by Crippen LogP contribution is 2.24. The van der Waals surface area contributed by atoms with Crippen LogP contribution in [0.1, 0.15) is 97.8 Å². The van der Waals surface area contributed by atoms with Crippen LogP contribution in [0.4, 0.5) is 0 Å². The molecule has 21 heavy (non-hydrogen) atoms. The first-order valence-corrected chi connectivity index (χ1v) is 8.55. The molecule has 2 atom stereocenters. The van der Waals surface area contributed by atoms with E-state index in [0.717, 1.165) is 12.8 Å². The molecule has 0 aromatic heterocycles. The van der Waals surface area contributed by atoms with E-state index in [0.29, 0.717) is 6.42 Å². The minimum Gasteiger partial charge on any atom is -0.386 e. The minimum atomic E-state index is -1.51. The molecule has 0 spiro atoms. The molecule has 0 aliphatic rings. The van der Waals surface area contributed by atoms with Crippen molar-refractivity contribution in [2.75, 3.05) is 0 Å². The van der Waals surface area contributed by atoms with Gasteiger partial charge in [0.2, 0.25) is 0 Å². The zero-order valence-corrected chi connectivity index (χ0v) is 15.2. The molecule has 0 amide bonds. The van der Waals surface area contributed by atoms with Gasteiger partial charge in [0.05, 0.1) is 0 Å². The van der Waals surface area contributed by atoms with Crippen LogP contribution >= 0.6 is 12.4 Å². The zero-order chi connectivity index (χ0) is 15.5. The van der Waals surface area contributed by atoms with Crippen molar-refractivity contribution in [3.8, 4) is 0 Å². The average molecular weight is 324 g/mol. The van der Waals surface area contributed by atoms with Gasteiger partial charge < -0.3 is 15.9 Å². The largest absolute Gasteiger partial charge is 0.386 e. The summed E-state index contributed by atoms with van der Waals surface area (Å²) in [6.07, 6.45) is 14.7. The van der Waals surface area contributed by atoms with Gasteiger partial charge in [-0.15, -0.1) is 12.4 Å². The number of hydrogen-bond donors (Lipinski definition) is 3. The van der Waals surface area contributed by atoms with E-state index in [1.807, 2.05) is 0 Å². The standard InChI is InChI=1S/C17H37NO2.ClH/c1-4-5-6-7-8-9-10-11-12-13-14-15-16(2,19)17(3,18)20;/h19-20H,4-15,18H2,1-3H3;1H. The molecule has 0 aliphatic heterocycles. The molecule has 0 radical (unpaired) electrons. The van der Waals surface area contributed by atoms with Crippen molar-refractivity contribution < 1.29 is 10.2 Å². The average Bonchev–Trinajstić information content (AvgIpc) is 2.34. The van der Waals surface area contributed by atoms with Gasteiger partial charge in [-0.2, -0.15) is 0 Å². The van der Waals surface area contributed by atoms with Crippen molar-refractivity contribution in [2.24, 2.45) is 5.73 Å². The maximum atomic E-state index is 10.0. The Morgan fingerprint density at radius 1 is 0.714 bits per heavy atom. The molecule has 4 heteroatoms. The van der Waals surface area contributed by atoms with Crippen LogP contribution in [-0.4, -0.2) is 21.5 Å². The van der Waals surface area contributed by atoms with Gasteiger partial charge in [-0.1, -0.05) is 77.6 Å². The second kappa shape index (κ2) is 12.7. The van der Waals surface area contributed by atoms with Crippen LogP contribution in [0.5, 0.6) is 0 Å². The van der Waals surface area contributed by atoms with Gasteiger partial charge in [-0.05, 0) is 20.3 Å². The quantitative estimate of drug-likeness (QED) is 0.344. The molecule has 0 rings (SSSR count). The minimum absolute atomic E-state index is 0. The summed E-state index contributed by atoms with van der Waals surface area (Å²) in [5, 5.41) is 19.7. The fraction of sp³-hybridized carbons (Fsp3) is 1.00. The van der Waals surface area contributed by atoms with Crippen molar-refractivity contribution in [1.82, 2.24) is 0 Å². The smallest absolute Gasteiger partial charge is 0.139 e. The van der Waals surface area contributed by atoms with E-state index in [1.165, 1.54) is 64.7 Å². The van der Waals surface area contributed by atoms with Gasteiger partial charge in [-0.25, -0.2) is 0 Å². The maximum absolute atomic E-state index is 10.0. The maximum Gasteiger partial charge on any atom is 0.139 e. The van der Waals surface area contributed by atoms with E-state index in [9.17, 15) is 10.2 Å². The Morgan fingerprint density at radius 2 is 1.05 bits per heavy atom. The highest BCUT2D eigenvalue weighted by atomic mass is 35.5. The lowest BCUT2D eigenvalue weighted by Gasteiger charge is -2.35. The van der Waals surface area contributed by atoms with Gasteiger partial charge >= 0.3 is 0 Å². The van der Waals surface area contributed by atoms with Crippen LogP contribution in [0.2, 0.25) is 0 Å². The molecule has 0 aromatic rings. The monoisotopic (exact) mass is 323 g/mol. The van der Waals surface area contributed by atoms with Gasteiger partial charge in [0.15, 0.2) is 0 Å². The first-order valence-electron chi connectivity index (χ1n) is 8.55. The molecular formula is C17H38ClNO2. The summed E-state index contributed by atoms with van der Waals surface area (Å²) in [5.74, 6) is 0. The fourth-order valence-electron chi connectivity index (χ4n) is 2.39. The van der Waals surface area contributed by atoms with E-state index in [2.05, 4.69) is 6.92 Å². The molecule has 0 heterocycles. The summed E-state index contributed by atoms with van der Waals surface area (Å²) >= 11 is 0. The molecule has 0 bridgehead atoms. The Kier molecular flexibility index (Phi) is 14.2. The highest BCUT2D eigenvalue weighted by molar-refractivity contribution is 5.85. The molecule has 0 saturated carbocycles. The van der Waals surface area contributed by atoms with Crippen molar-refractivity contribution in [1.29, 1.82) is 0 Å². The molecular weight excluding hydrogens is 286 g/mol. The Hall–Kier alpha value is 0.170. The van der Waals surface area contributed by atoms with E-state index in [1.54, 1.807) is 6.92 Å². The third kappa shape index (κ3) is 12.4. The van der Waals surface area contributed by atoms with Crippen LogP contribution in [0.25, 0.3) is 0 Å². The summed E-state index contributed by atoms with van der Waals surface area (Å²) in [4.78, 5) is 0. The summed E-state index contributed by atoms with van der Waals surface area (Å²) in [5.41, 5.74) is 2.85. The van der Waals surface area contributed by atoms with Crippen molar-refractivity contribution in [2.45, 2.75) is 109 Å². The second-order valence-electron chi connectivity index (χ2n) is 6.71. The Balaban J connectivity index is 0. The molecule has 0 aromatic carbocycles. The summed E-state index contributed by atoms with van der Waals surface area (Å²) in [6.45, 7) is 5.33. The summed E-state index contributed by atoms with van der Waals surface area (Å²) < 4.78 is 0. The lowest BCUT2D eigenvalue weighted by atomic mass is 9.88. The molecule has 4 N–H and O–H groups in total. The number of hydrogen-bond acceptors (Lipinski definition) is 3. The van der Waals surface area contributed by atoms with E-state index >= 15 is 0 Å². The molecule has 3 nitrogen and oxygen atoms in total. The normalized spacial score (nSPS) is 16.9. The number of unbranched alkanes of at least 4 members (excludes halogenated alkanes) is 10. The lowest BCUT2D eigenvalue weighted by molar-refractivity contribution is -0.132. The first-order chi connectivity index (χ1) is 9.31. The van der Waals surface area contributed by atoms with Crippen LogP contribution in [0.3, 0.4) is 0 Å². The molecule has 0 fully saturated rings. The third-order valence-electron chi connectivity index (χ3n) is 4.36. The molecule has 130 valence electrons. The van der Waals surface area contributed by atoms with Gasteiger partial charge in [0, 0.05) is 0 Å². The number of nitrogens with two attached hydrogens (primary N) is 1. The summed E-state index contributed by atoms with van der Waals surface area (Å²) in [7, 11) is 0. The highest BCUT2D eigenvalue weighted by Gasteiger charge is 2.37. The molecule has 0 saturated heterocycles. The SMILES string of the molecule is CCCCCCCCCCCCCC(C)(O)C(C)(N)O.Cl. The Bertz CT molecular complexity index is 227. The zero-order valence-electron chi connectivity index (χ0n) is 14.4. The topological polar surface area (TPSA) is 66.5 Å². The second-order valence-corrected chi connectivity index (χ2v) is 6.71. The summed E-state index contributed by atoms with van der Waals surface area (Å²) in [6, 6.07) is 0. The van der Waals surface area contributed by atoms with E-state index in [-0.39, 0.29) is 12.4 Å². The molecule has 0 aliphatic carbocycles. The van der Waals surface area contributed by atoms with Gasteiger partial charge in [0.1, 0.15) is 11.3 Å². The number of rotatable bonds is 13. The number of halogens is 1. The van der Waals surface area contributed by atoms with Crippen LogP contribution in [-0.2, 0) is 0 Å². The van der Waals surface area contributed by atoms with Crippen molar-refractivity contribution in [3.05, 3.63) is 0 Å². The fourth-order valence-corrected chi connectivity index (χ4v) is 2.39.